The Hall–Kier alpha value is -1.84. The van der Waals surface area contributed by atoms with E-state index in [4.69, 9.17) is 4.74 Å². The number of hydrogen-bond acceptors (Lipinski definition) is 3. The van der Waals surface area contributed by atoms with Crippen LogP contribution in [0, 0.1) is 0 Å². The van der Waals surface area contributed by atoms with Gasteiger partial charge in [0, 0.05) is 6.42 Å². The minimum Gasteiger partial charge on any atom is -0.495 e. The van der Waals surface area contributed by atoms with Crippen molar-refractivity contribution >= 4 is 17.4 Å². The Morgan fingerprint density at radius 2 is 2.14 bits per heavy atom. The number of carbonyl (C=O) groups excluding carboxylic acids is 2. The largest absolute Gasteiger partial charge is 0.495 e. The van der Waals surface area contributed by atoms with Crippen LogP contribution in [0.4, 0.5) is 5.69 Å². The van der Waals surface area contributed by atoms with Crippen LogP contribution in [0.2, 0.25) is 0 Å². The molecule has 0 atom stereocenters. The minimum absolute atomic E-state index is 0.151. The maximum absolute atomic E-state index is 11.1. The molecule has 1 aliphatic heterocycles. The summed E-state index contributed by atoms with van der Waals surface area (Å²) in [4.78, 5) is 22.2. The average molecular weight is 191 g/mol. The Morgan fingerprint density at radius 1 is 1.36 bits per heavy atom. The molecule has 14 heavy (non-hydrogen) atoms. The molecule has 0 aliphatic carbocycles. The van der Waals surface area contributed by atoms with Crippen molar-refractivity contribution < 1.29 is 14.3 Å². The summed E-state index contributed by atoms with van der Waals surface area (Å²) >= 11 is 0. The van der Waals surface area contributed by atoms with Crippen LogP contribution in [0.15, 0.2) is 18.2 Å². The molecule has 1 amide bonds. The molecule has 4 nitrogen and oxygen atoms in total. The van der Waals surface area contributed by atoms with E-state index in [1.54, 1.807) is 18.2 Å². The van der Waals surface area contributed by atoms with E-state index < -0.39 is 11.7 Å². The Balaban J connectivity index is 2.51. The maximum atomic E-state index is 11.1. The molecule has 0 fully saturated rings. The van der Waals surface area contributed by atoms with Gasteiger partial charge in [0.1, 0.15) is 5.75 Å². The lowest BCUT2D eigenvalue weighted by Crippen LogP contribution is -2.30. The van der Waals surface area contributed by atoms with Crippen LogP contribution in [0.1, 0.15) is 5.56 Å². The van der Waals surface area contributed by atoms with Crippen LogP contribution in [0.5, 0.6) is 5.75 Å². The van der Waals surface area contributed by atoms with Gasteiger partial charge in [0.15, 0.2) is 0 Å². The van der Waals surface area contributed by atoms with Crippen molar-refractivity contribution in [2.24, 2.45) is 0 Å². The Bertz CT molecular complexity index is 412. The van der Waals surface area contributed by atoms with Gasteiger partial charge in [0.05, 0.1) is 12.8 Å². The lowest BCUT2D eigenvalue weighted by atomic mass is 10.0. The molecule has 0 radical (unpaired) electrons. The summed E-state index contributed by atoms with van der Waals surface area (Å²) in [6.45, 7) is 0. The first kappa shape index (κ1) is 8.74. The van der Waals surface area contributed by atoms with Gasteiger partial charge >= 0.3 is 0 Å². The van der Waals surface area contributed by atoms with Gasteiger partial charge in [-0.2, -0.15) is 0 Å². The fourth-order valence-electron chi connectivity index (χ4n) is 1.47. The summed E-state index contributed by atoms with van der Waals surface area (Å²) in [6, 6.07) is 5.34. The number of benzene rings is 1. The second-order valence-corrected chi connectivity index (χ2v) is 3.05. The van der Waals surface area contributed by atoms with Gasteiger partial charge in [-0.25, -0.2) is 0 Å². The third-order valence-corrected chi connectivity index (χ3v) is 2.18. The number of carbonyl (C=O) groups is 2. The van der Waals surface area contributed by atoms with E-state index >= 15 is 0 Å². The Kier molecular flexibility index (Phi) is 1.96. The highest BCUT2D eigenvalue weighted by molar-refractivity contribution is 6.42. The zero-order valence-electron chi connectivity index (χ0n) is 7.66. The van der Waals surface area contributed by atoms with E-state index in [9.17, 15) is 9.59 Å². The van der Waals surface area contributed by atoms with Crippen molar-refractivity contribution in [1.29, 1.82) is 0 Å². The Morgan fingerprint density at radius 3 is 2.86 bits per heavy atom. The van der Waals surface area contributed by atoms with Crippen molar-refractivity contribution in [2.75, 3.05) is 12.4 Å². The van der Waals surface area contributed by atoms with Gasteiger partial charge in [0.25, 0.3) is 5.91 Å². The number of para-hydroxylation sites is 1. The van der Waals surface area contributed by atoms with Gasteiger partial charge in [-0.05, 0) is 11.6 Å². The van der Waals surface area contributed by atoms with Gasteiger partial charge in [-0.3, -0.25) is 9.59 Å². The number of hydrogen-bond donors (Lipinski definition) is 1. The highest BCUT2D eigenvalue weighted by atomic mass is 16.5. The van der Waals surface area contributed by atoms with Crippen LogP contribution in [0.3, 0.4) is 0 Å². The zero-order chi connectivity index (χ0) is 10.1. The number of nitrogens with one attached hydrogen (secondary N) is 1. The molecule has 0 saturated carbocycles. The summed E-state index contributed by atoms with van der Waals surface area (Å²) < 4.78 is 5.07. The monoisotopic (exact) mass is 191 g/mol. The molecule has 0 saturated heterocycles. The number of rotatable bonds is 1. The smallest absolute Gasteiger partial charge is 0.292 e. The topological polar surface area (TPSA) is 55.4 Å². The molecule has 72 valence electrons. The van der Waals surface area contributed by atoms with E-state index in [1.807, 2.05) is 0 Å². The molecule has 0 bridgehead atoms. The van der Waals surface area contributed by atoms with E-state index in [1.165, 1.54) is 7.11 Å². The van der Waals surface area contributed by atoms with Gasteiger partial charge in [0.2, 0.25) is 5.78 Å². The molecule has 1 aliphatic rings. The third kappa shape index (κ3) is 1.25. The van der Waals surface area contributed by atoms with Crippen LogP contribution in [-0.4, -0.2) is 18.8 Å². The number of anilines is 1. The quantitative estimate of drug-likeness (QED) is 0.667. The fraction of sp³-hybridized carbons (Fsp3) is 0.200. The molecular weight excluding hydrogens is 182 g/mol. The fourth-order valence-corrected chi connectivity index (χ4v) is 1.47. The number of amides is 1. The minimum atomic E-state index is -0.568. The highest BCUT2D eigenvalue weighted by Gasteiger charge is 2.25. The lowest BCUT2D eigenvalue weighted by Gasteiger charge is -2.17. The Labute approximate surface area is 80.9 Å². The van der Waals surface area contributed by atoms with Gasteiger partial charge in [-0.1, -0.05) is 12.1 Å². The van der Waals surface area contributed by atoms with E-state index in [2.05, 4.69) is 5.32 Å². The molecule has 1 aromatic carbocycles. The van der Waals surface area contributed by atoms with Crippen LogP contribution >= 0.6 is 0 Å². The van der Waals surface area contributed by atoms with E-state index in [-0.39, 0.29) is 6.42 Å². The third-order valence-electron chi connectivity index (χ3n) is 2.18. The molecule has 0 spiro atoms. The van der Waals surface area contributed by atoms with Crippen LogP contribution in [0.25, 0.3) is 0 Å². The molecule has 1 heterocycles. The molecule has 0 unspecified atom stereocenters. The summed E-state index contributed by atoms with van der Waals surface area (Å²) in [5.74, 6) is -0.392. The zero-order valence-corrected chi connectivity index (χ0v) is 7.66. The number of fused-ring (bicyclic) bond motifs is 1. The molecule has 4 heteroatoms. The maximum Gasteiger partial charge on any atom is 0.292 e. The van der Waals surface area contributed by atoms with Crippen molar-refractivity contribution in [3.63, 3.8) is 0 Å². The predicted molar refractivity (Wildman–Crippen MR) is 50.3 cm³/mol. The van der Waals surface area contributed by atoms with Crippen LogP contribution in [-0.2, 0) is 16.0 Å². The van der Waals surface area contributed by atoms with Crippen molar-refractivity contribution in [1.82, 2.24) is 0 Å². The SMILES string of the molecule is COc1cccc2c1NC(=O)C(=O)C2. The van der Waals surface area contributed by atoms with E-state index in [0.717, 1.165) is 5.56 Å². The second kappa shape index (κ2) is 3.14. The number of ether oxygens (including phenoxy) is 1. The molecular formula is C10H9NO3. The first-order valence-corrected chi connectivity index (χ1v) is 4.22. The second-order valence-electron chi connectivity index (χ2n) is 3.05. The summed E-state index contributed by atoms with van der Waals surface area (Å²) in [6.07, 6.45) is 0.151. The standard InChI is InChI=1S/C10H9NO3/c1-14-8-4-2-3-6-5-7(12)10(13)11-9(6)8/h2-4H,5H2,1H3,(H,11,13). The number of Topliss-reactive ketones (excluding diaryl/α,β-unsaturated/α-hetero) is 1. The van der Waals surface area contributed by atoms with Crippen molar-refractivity contribution in [2.45, 2.75) is 6.42 Å². The summed E-state index contributed by atoms with van der Waals surface area (Å²) in [5, 5.41) is 2.52. The van der Waals surface area contributed by atoms with Gasteiger partial charge in [-0.15, -0.1) is 0 Å². The summed E-state index contributed by atoms with van der Waals surface area (Å²) in [5.41, 5.74) is 1.41. The lowest BCUT2D eigenvalue weighted by molar-refractivity contribution is -0.134. The summed E-state index contributed by atoms with van der Waals surface area (Å²) in [7, 11) is 1.53. The number of ketones is 1. The van der Waals surface area contributed by atoms with Crippen molar-refractivity contribution in [3.05, 3.63) is 23.8 Å². The predicted octanol–water partition coefficient (Wildman–Crippen LogP) is 0.759. The molecule has 0 aromatic heterocycles. The normalized spacial score (nSPS) is 14.6. The highest BCUT2D eigenvalue weighted by Crippen LogP contribution is 2.30. The molecule has 2 rings (SSSR count). The first-order chi connectivity index (χ1) is 6.72. The van der Waals surface area contributed by atoms with E-state index in [0.29, 0.717) is 11.4 Å². The average Bonchev–Trinajstić information content (AvgIpc) is 2.19. The first-order valence-electron chi connectivity index (χ1n) is 4.22. The molecule has 1 aromatic rings. The number of methoxy groups -OCH3 is 1. The van der Waals surface area contributed by atoms with Gasteiger partial charge < -0.3 is 10.1 Å². The van der Waals surface area contributed by atoms with Crippen molar-refractivity contribution in [3.8, 4) is 5.75 Å². The van der Waals surface area contributed by atoms with Crippen LogP contribution < -0.4 is 10.1 Å². The molecule has 1 N–H and O–H groups in total.